The zero-order valence-electron chi connectivity index (χ0n) is 17.1. The minimum atomic E-state index is 0.0121. The molecule has 0 N–H and O–H groups in total. The first kappa shape index (κ1) is 20.1. The standard InChI is InChI=1S/C21H25N3O3S/c1-12-18-13(2)22-14(3)23-20(18)28-19(12)21(25)24(4)10-9-15-7-8-16(26-5)17(11-15)27-6/h7-8,11H,9-10H2,1-6H3. The number of aromatic nitrogens is 2. The van der Waals surface area contributed by atoms with Crippen molar-refractivity contribution in [1.82, 2.24) is 14.9 Å². The molecule has 0 fully saturated rings. The van der Waals surface area contributed by atoms with Crippen LogP contribution in [0.5, 0.6) is 11.5 Å². The molecule has 3 aromatic rings. The summed E-state index contributed by atoms with van der Waals surface area (Å²) in [6, 6.07) is 5.82. The van der Waals surface area contributed by atoms with Crippen molar-refractivity contribution < 1.29 is 14.3 Å². The van der Waals surface area contributed by atoms with Crippen LogP contribution in [0.4, 0.5) is 0 Å². The molecule has 148 valence electrons. The third kappa shape index (κ3) is 3.80. The van der Waals surface area contributed by atoms with Crippen molar-refractivity contribution in [3.05, 3.63) is 45.7 Å². The molecule has 0 saturated heterocycles. The zero-order chi connectivity index (χ0) is 20.4. The van der Waals surface area contributed by atoms with Crippen LogP contribution in [0, 0.1) is 20.8 Å². The normalized spacial score (nSPS) is 10.9. The molecule has 0 atom stereocenters. The summed E-state index contributed by atoms with van der Waals surface area (Å²) >= 11 is 1.44. The highest BCUT2D eigenvalue weighted by Gasteiger charge is 2.21. The summed E-state index contributed by atoms with van der Waals surface area (Å²) < 4.78 is 10.6. The number of hydrogen-bond donors (Lipinski definition) is 0. The largest absolute Gasteiger partial charge is 0.493 e. The number of carbonyl (C=O) groups is 1. The molecule has 0 saturated carbocycles. The summed E-state index contributed by atoms with van der Waals surface area (Å²) in [5.74, 6) is 2.13. The van der Waals surface area contributed by atoms with Gasteiger partial charge >= 0.3 is 0 Å². The van der Waals surface area contributed by atoms with Gasteiger partial charge in [0.25, 0.3) is 5.91 Å². The molecular formula is C21H25N3O3S. The van der Waals surface area contributed by atoms with E-state index in [0.29, 0.717) is 18.0 Å². The van der Waals surface area contributed by atoms with Crippen LogP contribution >= 0.6 is 11.3 Å². The summed E-state index contributed by atoms with van der Waals surface area (Å²) in [4.78, 5) is 25.3. The van der Waals surface area contributed by atoms with Crippen LogP contribution < -0.4 is 9.47 Å². The Morgan fingerprint density at radius 2 is 1.82 bits per heavy atom. The predicted molar refractivity (Wildman–Crippen MR) is 112 cm³/mol. The van der Waals surface area contributed by atoms with E-state index in [0.717, 1.165) is 44.2 Å². The van der Waals surface area contributed by atoms with Crippen LogP contribution in [-0.2, 0) is 6.42 Å². The maximum atomic E-state index is 13.0. The fourth-order valence-corrected chi connectivity index (χ4v) is 4.56. The monoisotopic (exact) mass is 399 g/mol. The van der Waals surface area contributed by atoms with E-state index in [-0.39, 0.29) is 5.91 Å². The van der Waals surface area contributed by atoms with Crippen LogP contribution in [0.2, 0.25) is 0 Å². The van der Waals surface area contributed by atoms with Crippen LogP contribution in [0.15, 0.2) is 18.2 Å². The van der Waals surface area contributed by atoms with Gasteiger partial charge in [0.1, 0.15) is 10.7 Å². The first-order valence-electron chi connectivity index (χ1n) is 9.06. The van der Waals surface area contributed by atoms with Gasteiger partial charge in [0.2, 0.25) is 0 Å². The molecule has 0 aliphatic heterocycles. The number of carbonyl (C=O) groups excluding carboxylic acids is 1. The quantitative estimate of drug-likeness (QED) is 0.628. The first-order chi connectivity index (χ1) is 13.3. The Balaban J connectivity index is 1.77. The minimum absolute atomic E-state index is 0.0121. The molecule has 1 aromatic carbocycles. The van der Waals surface area contributed by atoms with Crippen molar-refractivity contribution in [2.45, 2.75) is 27.2 Å². The number of rotatable bonds is 6. The van der Waals surface area contributed by atoms with Gasteiger partial charge in [0.05, 0.1) is 19.1 Å². The molecule has 0 unspecified atom stereocenters. The molecule has 0 bridgehead atoms. The Hall–Kier alpha value is -2.67. The average Bonchev–Trinajstić information content (AvgIpc) is 3.01. The van der Waals surface area contributed by atoms with Crippen molar-refractivity contribution in [2.75, 3.05) is 27.8 Å². The second kappa shape index (κ2) is 8.14. The lowest BCUT2D eigenvalue weighted by molar-refractivity contribution is 0.0801. The highest BCUT2D eigenvalue weighted by Crippen LogP contribution is 2.32. The number of likely N-dealkylation sites (N-methyl/N-ethyl adjacent to an activating group) is 1. The smallest absolute Gasteiger partial charge is 0.264 e. The molecule has 0 aliphatic rings. The number of nitrogens with zero attached hydrogens (tertiary/aromatic N) is 3. The minimum Gasteiger partial charge on any atom is -0.493 e. The van der Waals surface area contributed by atoms with Gasteiger partial charge in [-0.2, -0.15) is 0 Å². The van der Waals surface area contributed by atoms with Gasteiger partial charge in [-0.3, -0.25) is 4.79 Å². The van der Waals surface area contributed by atoms with Gasteiger partial charge in [-0.05, 0) is 50.5 Å². The van der Waals surface area contributed by atoms with Crippen LogP contribution in [0.3, 0.4) is 0 Å². The van der Waals surface area contributed by atoms with E-state index in [4.69, 9.17) is 9.47 Å². The molecule has 7 heteroatoms. The first-order valence-corrected chi connectivity index (χ1v) is 9.88. The summed E-state index contributed by atoms with van der Waals surface area (Å²) in [5, 5.41) is 0.993. The molecule has 1 amide bonds. The number of ether oxygens (including phenoxy) is 2. The lowest BCUT2D eigenvalue weighted by atomic mass is 10.1. The molecule has 0 radical (unpaired) electrons. The van der Waals surface area contributed by atoms with E-state index < -0.39 is 0 Å². The van der Waals surface area contributed by atoms with Crippen molar-refractivity contribution >= 4 is 27.5 Å². The lowest BCUT2D eigenvalue weighted by Crippen LogP contribution is -2.28. The molecule has 0 spiro atoms. The number of benzene rings is 1. The summed E-state index contributed by atoms with van der Waals surface area (Å²) in [5.41, 5.74) is 2.96. The maximum Gasteiger partial charge on any atom is 0.264 e. The molecule has 2 aromatic heterocycles. The van der Waals surface area contributed by atoms with Crippen molar-refractivity contribution in [1.29, 1.82) is 0 Å². The lowest BCUT2D eigenvalue weighted by Gasteiger charge is -2.17. The molecule has 6 nitrogen and oxygen atoms in total. The number of thiophene rings is 1. The number of aryl methyl sites for hydroxylation is 3. The summed E-state index contributed by atoms with van der Waals surface area (Å²) in [6.45, 7) is 6.41. The predicted octanol–water partition coefficient (Wildman–Crippen LogP) is 3.95. The van der Waals surface area contributed by atoms with E-state index in [1.807, 2.05) is 46.0 Å². The van der Waals surface area contributed by atoms with Gasteiger partial charge in [-0.15, -0.1) is 11.3 Å². The van der Waals surface area contributed by atoms with Gasteiger partial charge in [-0.25, -0.2) is 9.97 Å². The highest BCUT2D eigenvalue weighted by atomic mass is 32.1. The van der Waals surface area contributed by atoms with E-state index in [1.54, 1.807) is 19.1 Å². The third-order valence-electron chi connectivity index (χ3n) is 4.81. The van der Waals surface area contributed by atoms with Gasteiger partial charge < -0.3 is 14.4 Å². The second-order valence-corrected chi connectivity index (χ2v) is 7.76. The third-order valence-corrected chi connectivity index (χ3v) is 5.98. The Labute approximate surface area is 169 Å². The molecule has 0 aliphatic carbocycles. The highest BCUT2D eigenvalue weighted by molar-refractivity contribution is 7.20. The zero-order valence-corrected chi connectivity index (χ0v) is 17.9. The van der Waals surface area contributed by atoms with Gasteiger partial charge in [0.15, 0.2) is 11.5 Å². The number of amides is 1. The molecular weight excluding hydrogens is 374 g/mol. The van der Waals surface area contributed by atoms with Crippen molar-refractivity contribution in [3.8, 4) is 11.5 Å². The van der Waals surface area contributed by atoms with Gasteiger partial charge in [0, 0.05) is 24.7 Å². The Morgan fingerprint density at radius 1 is 1.11 bits per heavy atom. The number of hydrogen-bond acceptors (Lipinski definition) is 6. The van der Waals surface area contributed by atoms with E-state index in [1.165, 1.54) is 11.3 Å². The topological polar surface area (TPSA) is 64.5 Å². The van der Waals surface area contributed by atoms with Crippen molar-refractivity contribution in [2.24, 2.45) is 0 Å². The van der Waals surface area contributed by atoms with E-state index >= 15 is 0 Å². The molecule has 3 rings (SSSR count). The van der Waals surface area contributed by atoms with Crippen molar-refractivity contribution in [3.63, 3.8) is 0 Å². The van der Waals surface area contributed by atoms with Gasteiger partial charge in [-0.1, -0.05) is 6.07 Å². The fourth-order valence-electron chi connectivity index (χ4n) is 3.29. The average molecular weight is 400 g/mol. The Bertz CT molecular complexity index is 1030. The van der Waals surface area contributed by atoms with Crippen LogP contribution in [0.25, 0.3) is 10.2 Å². The van der Waals surface area contributed by atoms with Crippen LogP contribution in [0.1, 0.15) is 32.3 Å². The summed E-state index contributed by atoms with van der Waals surface area (Å²) in [7, 11) is 5.07. The van der Waals surface area contributed by atoms with E-state index in [2.05, 4.69) is 9.97 Å². The SMILES string of the molecule is COc1ccc(CCN(C)C(=O)c2sc3nc(C)nc(C)c3c2C)cc1OC. The Kier molecular flexibility index (Phi) is 5.84. The van der Waals surface area contributed by atoms with Crippen LogP contribution in [-0.4, -0.2) is 48.6 Å². The number of methoxy groups -OCH3 is 2. The fraction of sp³-hybridized carbons (Fsp3) is 0.381. The molecule has 2 heterocycles. The number of fused-ring (bicyclic) bond motifs is 1. The second-order valence-electron chi connectivity index (χ2n) is 6.76. The maximum absolute atomic E-state index is 13.0. The molecule has 28 heavy (non-hydrogen) atoms. The summed E-state index contributed by atoms with van der Waals surface area (Å²) in [6.07, 6.45) is 0.727. The van der Waals surface area contributed by atoms with E-state index in [9.17, 15) is 4.79 Å². The Morgan fingerprint density at radius 3 is 2.50 bits per heavy atom.